The van der Waals surface area contributed by atoms with Crippen molar-refractivity contribution in [1.82, 2.24) is 4.90 Å². The van der Waals surface area contributed by atoms with Crippen molar-refractivity contribution < 1.29 is 4.79 Å². The van der Waals surface area contributed by atoms with Gasteiger partial charge in [0.05, 0.1) is 0 Å². The minimum atomic E-state index is 0.233. The van der Waals surface area contributed by atoms with Gasteiger partial charge in [-0.25, -0.2) is 0 Å². The highest BCUT2D eigenvalue weighted by Crippen LogP contribution is 2.37. The summed E-state index contributed by atoms with van der Waals surface area (Å²) in [6, 6.07) is 11.3. The van der Waals surface area contributed by atoms with Gasteiger partial charge in [0, 0.05) is 24.5 Å². The van der Waals surface area contributed by atoms with Crippen LogP contribution in [-0.4, -0.2) is 29.4 Å². The first kappa shape index (κ1) is 15.5. The Kier molecular flexibility index (Phi) is 4.82. The minimum absolute atomic E-state index is 0.233. The zero-order valence-electron chi connectivity index (χ0n) is 13.6. The first-order chi connectivity index (χ1) is 10.6. The molecule has 1 saturated heterocycles. The Labute approximate surface area is 133 Å². The lowest BCUT2D eigenvalue weighted by atomic mass is 9.78. The van der Waals surface area contributed by atoms with E-state index in [2.05, 4.69) is 42.2 Å². The van der Waals surface area contributed by atoms with E-state index in [0.717, 1.165) is 45.1 Å². The Morgan fingerprint density at radius 1 is 1.09 bits per heavy atom. The molecule has 2 fully saturated rings. The van der Waals surface area contributed by atoms with E-state index in [9.17, 15) is 4.79 Å². The number of likely N-dealkylation sites (tertiary alicyclic amines) is 1. The molecule has 0 bridgehead atoms. The van der Waals surface area contributed by atoms with Gasteiger partial charge in [-0.2, -0.15) is 0 Å². The topological polar surface area (TPSA) is 46.3 Å². The highest BCUT2D eigenvalue weighted by atomic mass is 16.2. The third kappa shape index (κ3) is 3.35. The average molecular weight is 300 g/mol. The summed E-state index contributed by atoms with van der Waals surface area (Å²) in [6.07, 6.45) is 6.26. The second kappa shape index (κ2) is 6.82. The summed E-state index contributed by atoms with van der Waals surface area (Å²) in [4.78, 5) is 14.9. The fourth-order valence-corrected chi connectivity index (χ4v) is 4.17. The van der Waals surface area contributed by atoms with Gasteiger partial charge in [0.15, 0.2) is 0 Å². The van der Waals surface area contributed by atoms with Gasteiger partial charge in [-0.15, -0.1) is 0 Å². The molecule has 1 saturated carbocycles. The van der Waals surface area contributed by atoms with Gasteiger partial charge in [0.1, 0.15) is 0 Å². The van der Waals surface area contributed by atoms with Crippen molar-refractivity contribution in [2.24, 2.45) is 11.7 Å². The Morgan fingerprint density at radius 2 is 1.77 bits per heavy atom. The number of amides is 1. The van der Waals surface area contributed by atoms with E-state index >= 15 is 0 Å². The second-order valence-electron chi connectivity index (χ2n) is 7.12. The average Bonchev–Trinajstić information content (AvgIpc) is 2.55. The van der Waals surface area contributed by atoms with Gasteiger partial charge in [0.25, 0.3) is 0 Å². The molecule has 120 valence electrons. The molecular formula is C19H28N2O. The fraction of sp³-hybridized carbons (Fsp3) is 0.632. The summed E-state index contributed by atoms with van der Waals surface area (Å²) in [6.45, 7) is 2.99. The standard InChI is InChI=1S/C19H28N2O/c1-14-13-18(20)11-12-21(14)19(22)17-9-7-16(8-10-17)15-5-3-2-4-6-15/h2-6,14,16-18H,7-13,20H2,1H3/t14-,16?,17?,18-/m1/s1. The molecule has 3 rings (SSSR count). The number of hydrogen-bond donors (Lipinski definition) is 1. The largest absolute Gasteiger partial charge is 0.340 e. The van der Waals surface area contributed by atoms with Crippen LogP contribution < -0.4 is 5.73 Å². The molecular weight excluding hydrogens is 272 g/mol. The van der Waals surface area contributed by atoms with Crippen molar-refractivity contribution in [2.75, 3.05) is 6.54 Å². The maximum Gasteiger partial charge on any atom is 0.225 e. The highest BCUT2D eigenvalue weighted by molar-refractivity contribution is 5.79. The smallest absolute Gasteiger partial charge is 0.225 e. The molecule has 0 aromatic heterocycles. The summed E-state index contributed by atoms with van der Waals surface area (Å²) in [5.41, 5.74) is 7.45. The molecule has 2 N–H and O–H groups in total. The first-order valence-electron chi connectivity index (χ1n) is 8.76. The van der Waals surface area contributed by atoms with Gasteiger partial charge in [0.2, 0.25) is 5.91 Å². The van der Waals surface area contributed by atoms with Crippen molar-refractivity contribution in [3.63, 3.8) is 0 Å². The molecule has 1 aliphatic heterocycles. The Bertz CT molecular complexity index is 493. The van der Waals surface area contributed by atoms with E-state index in [1.807, 2.05) is 0 Å². The molecule has 3 nitrogen and oxygen atoms in total. The van der Waals surface area contributed by atoms with Crippen molar-refractivity contribution in [3.05, 3.63) is 35.9 Å². The van der Waals surface area contributed by atoms with Gasteiger partial charge in [-0.3, -0.25) is 4.79 Å². The normalized spacial score (nSPS) is 32.7. The molecule has 2 atom stereocenters. The van der Waals surface area contributed by atoms with E-state index in [-0.39, 0.29) is 12.0 Å². The van der Waals surface area contributed by atoms with Crippen LogP contribution in [0.5, 0.6) is 0 Å². The summed E-state index contributed by atoms with van der Waals surface area (Å²) in [5, 5.41) is 0. The quantitative estimate of drug-likeness (QED) is 0.911. The van der Waals surface area contributed by atoms with Crippen molar-refractivity contribution in [3.8, 4) is 0 Å². The maximum absolute atomic E-state index is 12.8. The molecule has 22 heavy (non-hydrogen) atoms. The third-order valence-electron chi connectivity index (χ3n) is 5.55. The zero-order valence-corrected chi connectivity index (χ0v) is 13.6. The summed E-state index contributed by atoms with van der Waals surface area (Å²) in [5.74, 6) is 1.25. The lowest BCUT2D eigenvalue weighted by Crippen LogP contribution is -2.50. The molecule has 0 radical (unpaired) electrons. The lowest BCUT2D eigenvalue weighted by molar-refractivity contribution is -0.140. The van der Waals surface area contributed by atoms with E-state index in [1.54, 1.807) is 0 Å². The molecule has 3 heteroatoms. The van der Waals surface area contributed by atoms with E-state index in [4.69, 9.17) is 5.73 Å². The number of benzene rings is 1. The van der Waals surface area contributed by atoms with Crippen LogP contribution in [0, 0.1) is 5.92 Å². The Balaban J connectivity index is 1.56. The Morgan fingerprint density at radius 3 is 2.41 bits per heavy atom. The SMILES string of the molecule is C[C@@H]1C[C@H](N)CCN1C(=O)C1CCC(c2ccccc2)CC1. The summed E-state index contributed by atoms with van der Waals surface area (Å²) >= 11 is 0. The van der Waals surface area contributed by atoms with Crippen LogP contribution in [0.4, 0.5) is 0 Å². The zero-order chi connectivity index (χ0) is 15.5. The van der Waals surface area contributed by atoms with E-state index in [1.165, 1.54) is 5.56 Å². The van der Waals surface area contributed by atoms with Crippen LogP contribution >= 0.6 is 0 Å². The van der Waals surface area contributed by atoms with Gasteiger partial charge < -0.3 is 10.6 Å². The lowest BCUT2D eigenvalue weighted by Gasteiger charge is -2.39. The van der Waals surface area contributed by atoms with Crippen LogP contribution in [-0.2, 0) is 4.79 Å². The van der Waals surface area contributed by atoms with Crippen molar-refractivity contribution >= 4 is 5.91 Å². The molecule has 1 aliphatic carbocycles. The van der Waals surface area contributed by atoms with Gasteiger partial charge in [-0.1, -0.05) is 30.3 Å². The predicted octanol–water partition coefficient (Wildman–Crippen LogP) is 3.30. The van der Waals surface area contributed by atoms with Gasteiger partial charge >= 0.3 is 0 Å². The number of nitrogens with two attached hydrogens (primary N) is 1. The summed E-state index contributed by atoms with van der Waals surface area (Å²) < 4.78 is 0. The van der Waals surface area contributed by atoms with Crippen LogP contribution in [0.3, 0.4) is 0 Å². The molecule has 1 aromatic rings. The molecule has 1 amide bonds. The van der Waals surface area contributed by atoms with E-state index in [0.29, 0.717) is 17.9 Å². The van der Waals surface area contributed by atoms with Crippen molar-refractivity contribution in [1.29, 1.82) is 0 Å². The molecule has 1 aromatic carbocycles. The Hall–Kier alpha value is -1.35. The van der Waals surface area contributed by atoms with E-state index < -0.39 is 0 Å². The predicted molar refractivity (Wildman–Crippen MR) is 89.5 cm³/mol. The molecule has 2 aliphatic rings. The second-order valence-corrected chi connectivity index (χ2v) is 7.12. The number of carbonyl (C=O) groups is 1. The first-order valence-corrected chi connectivity index (χ1v) is 8.76. The monoisotopic (exact) mass is 300 g/mol. The maximum atomic E-state index is 12.8. The van der Waals surface area contributed by atoms with Crippen LogP contribution in [0.25, 0.3) is 0 Å². The van der Waals surface area contributed by atoms with Gasteiger partial charge in [-0.05, 0) is 56.9 Å². The molecule has 0 unspecified atom stereocenters. The number of piperidine rings is 1. The van der Waals surface area contributed by atoms with Crippen LogP contribution in [0.1, 0.15) is 56.9 Å². The molecule has 0 spiro atoms. The minimum Gasteiger partial charge on any atom is -0.340 e. The van der Waals surface area contributed by atoms with Crippen LogP contribution in [0.15, 0.2) is 30.3 Å². The van der Waals surface area contributed by atoms with Crippen molar-refractivity contribution in [2.45, 2.75) is 63.5 Å². The summed E-state index contributed by atoms with van der Waals surface area (Å²) in [7, 11) is 0. The molecule has 1 heterocycles. The number of nitrogens with zero attached hydrogens (tertiary/aromatic N) is 1. The van der Waals surface area contributed by atoms with Crippen LogP contribution in [0.2, 0.25) is 0 Å². The highest BCUT2D eigenvalue weighted by Gasteiger charge is 2.34. The number of hydrogen-bond acceptors (Lipinski definition) is 2. The number of carbonyl (C=O) groups excluding carboxylic acids is 1. The number of rotatable bonds is 2. The third-order valence-corrected chi connectivity index (χ3v) is 5.55. The fourth-order valence-electron chi connectivity index (χ4n) is 4.17.